The summed E-state index contributed by atoms with van der Waals surface area (Å²) in [5.74, 6) is -0.891. The van der Waals surface area contributed by atoms with E-state index in [-0.39, 0.29) is 18.4 Å². The van der Waals surface area contributed by atoms with Crippen LogP contribution in [0.4, 0.5) is 4.39 Å². The van der Waals surface area contributed by atoms with Gasteiger partial charge in [0.15, 0.2) is 6.17 Å². The molecule has 0 amide bonds. The van der Waals surface area contributed by atoms with Crippen LogP contribution < -0.4 is 0 Å². The molecule has 4 nitrogen and oxygen atoms in total. The van der Waals surface area contributed by atoms with E-state index in [2.05, 4.69) is 13.0 Å². The molecule has 0 aromatic heterocycles. The normalized spacial score (nSPS) is 26.2. The molecular weight excluding hydrogens is 323 g/mol. The van der Waals surface area contributed by atoms with E-state index in [1.807, 2.05) is 6.08 Å². The van der Waals surface area contributed by atoms with Gasteiger partial charge in [0.2, 0.25) is 0 Å². The van der Waals surface area contributed by atoms with E-state index >= 15 is 0 Å². The number of unbranched alkanes of at least 4 members (excludes halogenated alkanes) is 4. The molecule has 0 heterocycles. The predicted octanol–water partition coefficient (Wildman–Crippen LogP) is 4.24. The molecule has 0 spiro atoms. The Kier molecular flexibility index (Phi) is 11.0. The Labute approximate surface area is 151 Å². The van der Waals surface area contributed by atoms with E-state index in [4.69, 9.17) is 5.11 Å². The van der Waals surface area contributed by atoms with Gasteiger partial charge in [-0.2, -0.15) is 0 Å². The van der Waals surface area contributed by atoms with Crippen LogP contribution in [0.25, 0.3) is 0 Å². The molecule has 0 aromatic carbocycles. The summed E-state index contributed by atoms with van der Waals surface area (Å²) >= 11 is 0. The average molecular weight is 358 g/mol. The molecule has 1 fully saturated rings. The number of carboxylic acid groups (broad SMARTS) is 1. The molecule has 1 rings (SSSR count). The van der Waals surface area contributed by atoms with Gasteiger partial charge in [0.1, 0.15) is 0 Å². The second-order valence-corrected chi connectivity index (χ2v) is 7.36. The molecule has 3 N–H and O–H groups in total. The first-order valence-corrected chi connectivity index (χ1v) is 9.87. The lowest BCUT2D eigenvalue weighted by atomic mass is 9.88. The Hall–Kier alpha value is -0.940. The molecule has 0 bridgehead atoms. The van der Waals surface area contributed by atoms with Crippen LogP contribution in [0.2, 0.25) is 0 Å². The fourth-order valence-corrected chi connectivity index (χ4v) is 3.70. The van der Waals surface area contributed by atoms with Gasteiger partial charge in [0.05, 0.1) is 12.2 Å². The maximum absolute atomic E-state index is 13.0. The van der Waals surface area contributed by atoms with E-state index in [9.17, 15) is 19.4 Å². The molecule has 25 heavy (non-hydrogen) atoms. The van der Waals surface area contributed by atoms with Gasteiger partial charge < -0.3 is 15.3 Å². The second kappa shape index (κ2) is 12.4. The predicted molar refractivity (Wildman–Crippen MR) is 97.1 cm³/mol. The lowest BCUT2D eigenvalue weighted by Gasteiger charge is -2.20. The first kappa shape index (κ1) is 22.1. The molecule has 2 unspecified atom stereocenters. The fraction of sp³-hybridized carbons (Fsp3) is 0.850. The van der Waals surface area contributed by atoms with Crippen molar-refractivity contribution in [3.8, 4) is 0 Å². The highest BCUT2D eigenvalue weighted by molar-refractivity contribution is 5.71. The van der Waals surface area contributed by atoms with Crippen molar-refractivity contribution in [1.82, 2.24) is 0 Å². The molecule has 1 aliphatic rings. The number of alkyl halides is 1. The van der Waals surface area contributed by atoms with E-state index in [1.54, 1.807) is 0 Å². The summed E-state index contributed by atoms with van der Waals surface area (Å²) in [7, 11) is 0. The van der Waals surface area contributed by atoms with Crippen LogP contribution in [0, 0.1) is 11.8 Å². The van der Waals surface area contributed by atoms with Crippen molar-refractivity contribution < 1.29 is 24.5 Å². The van der Waals surface area contributed by atoms with Gasteiger partial charge in [-0.3, -0.25) is 0 Å². The van der Waals surface area contributed by atoms with E-state index < -0.39 is 18.2 Å². The first-order chi connectivity index (χ1) is 12.0. The van der Waals surface area contributed by atoms with Crippen LogP contribution in [0.3, 0.4) is 0 Å². The minimum atomic E-state index is -1.76. The smallest absolute Gasteiger partial charge is 0.338 e. The monoisotopic (exact) mass is 358 g/mol. The summed E-state index contributed by atoms with van der Waals surface area (Å²) in [5, 5.41) is 28.7. The Morgan fingerprint density at radius 2 is 1.88 bits per heavy atom. The largest absolute Gasteiger partial charge is 0.479 e. The lowest BCUT2D eigenvalue weighted by Crippen LogP contribution is -2.18. The lowest BCUT2D eigenvalue weighted by molar-refractivity contribution is -0.143. The molecular formula is C20H35FO4. The summed E-state index contributed by atoms with van der Waals surface area (Å²) < 4.78 is 13.0. The fourth-order valence-electron chi connectivity index (χ4n) is 3.70. The number of carboxylic acids is 1. The quantitative estimate of drug-likeness (QED) is 0.340. The summed E-state index contributed by atoms with van der Waals surface area (Å²) in [6.45, 7) is 2.14. The van der Waals surface area contributed by atoms with Crippen molar-refractivity contribution in [2.45, 2.75) is 95.9 Å². The molecule has 0 aliphatic heterocycles. The molecule has 1 saturated carbocycles. The number of aliphatic hydroxyl groups is 2. The summed E-state index contributed by atoms with van der Waals surface area (Å²) in [4.78, 5) is 10.4. The number of hydrogen-bond donors (Lipinski definition) is 3. The Morgan fingerprint density at radius 1 is 1.16 bits per heavy atom. The number of aliphatic carboxylic acids is 1. The van der Waals surface area contributed by atoms with Crippen molar-refractivity contribution in [1.29, 1.82) is 0 Å². The Morgan fingerprint density at radius 3 is 2.56 bits per heavy atom. The first-order valence-electron chi connectivity index (χ1n) is 9.87. The molecule has 0 radical (unpaired) electrons. The van der Waals surface area contributed by atoms with Crippen LogP contribution >= 0.6 is 0 Å². The number of aliphatic hydroxyl groups excluding tert-OH is 2. The van der Waals surface area contributed by atoms with Gasteiger partial charge in [0, 0.05) is 0 Å². The molecule has 1 aliphatic carbocycles. The van der Waals surface area contributed by atoms with Gasteiger partial charge in [-0.25, -0.2) is 9.18 Å². The minimum absolute atomic E-state index is 0.0653. The Balaban J connectivity index is 2.29. The van der Waals surface area contributed by atoms with Gasteiger partial charge in [-0.15, -0.1) is 0 Å². The molecule has 0 saturated heterocycles. The summed E-state index contributed by atoms with van der Waals surface area (Å²) in [5.41, 5.74) is 0. The van der Waals surface area contributed by atoms with Crippen molar-refractivity contribution in [2.24, 2.45) is 11.8 Å². The van der Waals surface area contributed by atoms with Crippen molar-refractivity contribution in [2.75, 3.05) is 0 Å². The zero-order valence-corrected chi connectivity index (χ0v) is 15.4. The van der Waals surface area contributed by atoms with E-state index in [0.29, 0.717) is 12.3 Å². The number of rotatable bonds is 13. The van der Waals surface area contributed by atoms with Crippen LogP contribution in [0.5, 0.6) is 0 Å². The van der Waals surface area contributed by atoms with Crippen LogP contribution in [-0.4, -0.2) is 39.7 Å². The average Bonchev–Trinajstić information content (AvgIpc) is 2.92. The molecule has 5 heteroatoms. The zero-order chi connectivity index (χ0) is 18.7. The Bertz CT molecular complexity index is 399. The van der Waals surface area contributed by atoms with Crippen molar-refractivity contribution in [3.05, 3.63) is 12.2 Å². The minimum Gasteiger partial charge on any atom is -0.479 e. The van der Waals surface area contributed by atoms with E-state index in [0.717, 1.165) is 57.8 Å². The van der Waals surface area contributed by atoms with E-state index in [1.165, 1.54) is 0 Å². The van der Waals surface area contributed by atoms with Crippen molar-refractivity contribution >= 4 is 5.97 Å². The number of carbonyl (C=O) groups is 1. The number of allylic oxidation sites excluding steroid dienone is 1. The van der Waals surface area contributed by atoms with Crippen LogP contribution in [0.1, 0.15) is 77.6 Å². The molecule has 146 valence electrons. The van der Waals surface area contributed by atoms with Gasteiger partial charge in [-0.1, -0.05) is 51.2 Å². The van der Waals surface area contributed by atoms with Gasteiger partial charge in [-0.05, 0) is 50.4 Å². The van der Waals surface area contributed by atoms with Gasteiger partial charge >= 0.3 is 5.97 Å². The standard InChI is InChI=1S/C20H35FO4/c1-2-3-5-8-16(22)13-11-15-12-14-19(23)17(15)9-6-4-7-10-18(21)20(24)25/h11,13,15-19,22-23H,2-10,12,14H2,1H3,(H,24,25)/t15-,16?,17+,18?,19-/m0/s1. The maximum Gasteiger partial charge on any atom is 0.338 e. The summed E-state index contributed by atoms with van der Waals surface area (Å²) in [6.07, 6.45) is 10.5. The number of hydrogen-bond acceptors (Lipinski definition) is 3. The maximum atomic E-state index is 13.0. The molecule has 5 atom stereocenters. The van der Waals surface area contributed by atoms with Crippen LogP contribution in [-0.2, 0) is 4.79 Å². The highest BCUT2D eigenvalue weighted by atomic mass is 19.1. The van der Waals surface area contributed by atoms with Gasteiger partial charge in [0.25, 0.3) is 0 Å². The number of halogens is 1. The third kappa shape index (κ3) is 8.82. The van der Waals surface area contributed by atoms with Crippen LogP contribution in [0.15, 0.2) is 12.2 Å². The highest BCUT2D eigenvalue weighted by Crippen LogP contribution is 2.37. The topological polar surface area (TPSA) is 77.8 Å². The third-order valence-corrected chi connectivity index (χ3v) is 5.29. The molecule has 0 aromatic rings. The van der Waals surface area contributed by atoms with Crippen molar-refractivity contribution in [3.63, 3.8) is 0 Å². The highest BCUT2D eigenvalue weighted by Gasteiger charge is 2.32. The third-order valence-electron chi connectivity index (χ3n) is 5.29. The summed E-state index contributed by atoms with van der Waals surface area (Å²) in [6, 6.07) is 0. The second-order valence-electron chi connectivity index (χ2n) is 7.36. The SMILES string of the molecule is CCCCCC(O)C=C[C@H]1CC[C@H](O)[C@@H]1CCCCCC(F)C(=O)O. The zero-order valence-electron chi connectivity index (χ0n) is 15.4.